The lowest BCUT2D eigenvalue weighted by atomic mass is 10.2. The molecule has 3 nitrogen and oxygen atoms in total. The Bertz CT molecular complexity index is 333. The molecule has 0 bridgehead atoms. The summed E-state index contributed by atoms with van der Waals surface area (Å²) in [5.41, 5.74) is 1.15. The zero-order chi connectivity index (χ0) is 11.6. The van der Waals surface area contributed by atoms with Crippen LogP contribution in [0.3, 0.4) is 0 Å². The van der Waals surface area contributed by atoms with Crippen LogP contribution in [0.25, 0.3) is 6.08 Å². The van der Waals surface area contributed by atoms with Gasteiger partial charge in [0, 0.05) is 6.54 Å². The van der Waals surface area contributed by atoms with Gasteiger partial charge in [0.2, 0.25) is 0 Å². The molecule has 3 heteroatoms. The molecule has 0 amide bonds. The minimum atomic E-state index is -0.212. The van der Waals surface area contributed by atoms with Crippen molar-refractivity contribution in [2.24, 2.45) is 0 Å². The summed E-state index contributed by atoms with van der Waals surface area (Å²) in [6.45, 7) is 3.15. The van der Waals surface area contributed by atoms with Crippen LogP contribution >= 0.6 is 0 Å². The second kappa shape index (κ2) is 7.65. The van der Waals surface area contributed by atoms with E-state index < -0.39 is 0 Å². The van der Waals surface area contributed by atoms with E-state index in [9.17, 15) is 4.79 Å². The van der Waals surface area contributed by atoms with Crippen molar-refractivity contribution in [2.45, 2.75) is 6.92 Å². The van der Waals surface area contributed by atoms with Crippen LogP contribution in [0.2, 0.25) is 0 Å². The number of nitrogens with one attached hydrogen (secondary N) is 1. The maximum absolute atomic E-state index is 11.0. The number of hydrogen-bond acceptors (Lipinski definition) is 3. The smallest absolute Gasteiger partial charge is 0.319 e. The monoisotopic (exact) mass is 219 g/mol. The molecule has 1 rings (SSSR count). The molecule has 0 atom stereocenters. The Morgan fingerprint density at radius 2 is 2.12 bits per heavy atom. The average Bonchev–Trinajstić information content (AvgIpc) is 2.30. The van der Waals surface area contributed by atoms with Crippen LogP contribution in [-0.4, -0.2) is 25.7 Å². The first-order valence-corrected chi connectivity index (χ1v) is 5.41. The van der Waals surface area contributed by atoms with Gasteiger partial charge < -0.3 is 10.1 Å². The fraction of sp³-hybridized carbons (Fsp3) is 0.308. The van der Waals surface area contributed by atoms with Gasteiger partial charge in [0.15, 0.2) is 0 Å². The van der Waals surface area contributed by atoms with Crippen LogP contribution in [0.4, 0.5) is 0 Å². The molecule has 0 radical (unpaired) electrons. The van der Waals surface area contributed by atoms with Crippen molar-refractivity contribution in [3.63, 3.8) is 0 Å². The van der Waals surface area contributed by atoms with Crippen LogP contribution in [0.1, 0.15) is 12.5 Å². The molecule has 0 saturated heterocycles. The van der Waals surface area contributed by atoms with E-state index in [1.807, 2.05) is 42.5 Å². The average molecular weight is 219 g/mol. The van der Waals surface area contributed by atoms with Crippen molar-refractivity contribution in [3.05, 3.63) is 42.0 Å². The van der Waals surface area contributed by atoms with E-state index in [1.54, 1.807) is 6.92 Å². The van der Waals surface area contributed by atoms with Gasteiger partial charge in [-0.05, 0) is 12.5 Å². The normalized spacial score (nSPS) is 10.6. The maximum Gasteiger partial charge on any atom is 0.319 e. The molecular weight excluding hydrogens is 202 g/mol. The van der Waals surface area contributed by atoms with Gasteiger partial charge in [-0.15, -0.1) is 0 Å². The predicted octanol–water partition coefficient (Wildman–Crippen LogP) is 1.85. The highest BCUT2D eigenvalue weighted by atomic mass is 16.5. The molecule has 0 aromatic heterocycles. The fourth-order valence-corrected chi connectivity index (χ4v) is 1.23. The first-order chi connectivity index (χ1) is 7.83. The van der Waals surface area contributed by atoms with Gasteiger partial charge in [0.1, 0.15) is 0 Å². The summed E-state index contributed by atoms with van der Waals surface area (Å²) in [7, 11) is 0. The van der Waals surface area contributed by atoms with Crippen LogP contribution in [0.5, 0.6) is 0 Å². The third kappa shape index (κ3) is 5.32. The molecule has 0 aliphatic rings. The van der Waals surface area contributed by atoms with Crippen molar-refractivity contribution in [1.29, 1.82) is 0 Å². The van der Waals surface area contributed by atoms with Crippen molar-refractivity contribution >= 4 is 12.0 Å². The SMILES string of the molecule is CCOC(=O)CNCC=Cc1ccccc1. The minimum Gasteiger partial charge on any atom is -0.465 e. The molecule has 1 aromatic carbocycles. The Morgan fingerprint density at radius 3 is 2.81 bits per heavy atom. The highest BCUT2D eigenvalue weighted by molar-refractivity contribution is 5.71. The van der Waals surface area contributed by atoms with E-state index in [4.69, 9.17) is 4.74 Å². The van der Waals surface area contributed by atoms with Crippen LogP contribution in [0.15, 0.2) is 36.4 Å². The summed E-state index contributed by atoms with van der Waals surface area (Å²) in [5.74, 6) is -0.212. The zero-order valence-electron chi connectivity index (χ0n) is 9.48. The van der Waals surface area contributed by atoms with Crippen molar-refractivity contribution in [3.8, 4) is 0 Å². The summed E-state index contributed by atoms with van der Waals surface area (Å²) in [6.07, 6.45) is 3.99. The molecule has 0 aliphatic carbocycles. The molecule has 0 heterocycles. The fourth-order valence-electron chi connectivity index (χ4n) is 1.23. The third-order valence-corrected chi connectivity index (χ3v) is 1.95. The summed E-state index contributed by atoms with van der Waals surface area (Å²) < 4.78 is 4.78. The van der Waals surface area contributed by atoms with Gasteiger partial charge >= 0.3 is 5.97 Å². The second-order valence-corrected chi connectivity index (χ2v) is 3.25. The highest BCUT2D eigenvalue weighted by Crippen LogP contribution is 1.99. The van der Waals surface area contributed by atoms with E-state index in [1.165, 1.54) is 0 Å². The Balaban J connectivity index is 2.16. The van der Waals surface area contributed by atoms with Gasteiger partial charge in [-0.25, -0.2) is 0 Å². The predicted molar refractivity (Wildman–Crippen MR) is 65.0 cm³/mol. The van der Waals surface area contributed by atoms with Gasteiger partial charge in [-0.1, -0.05) is 42.5 Å². The van der Waals surface area contributed by atoms with Gasteiger partial charge in [0.05, 0.1) is 13.2 Å². The van der Waals surface area contributed by atoms with E-state index >= 15 is 0 Å². The lowest BCUT2D eigenvalue weighted by Crippen LogP contribution is -2.24. The van der Waals surface area contributed by atoms with Crippen LogP contribution in [-0.2, 0) is 9.53 Å². The molecule has 0 spiro atoms. The Morgan fingerprint density at radius 1 is 1.38 bits per heavy atom. The quantitative estimate of drug-likeness (QED) is 0.586. The van der Waals surface area contributed by atoms with Crippen LogP contribution < -0.4 is 5.32 Å². The number of benzene rings is 1. The number of hydrogen-bond donors (Lipinski definition) is 1. The number of ether oxygens (including phenoxy) is 1. The first-order valence-electron chi connectivity index (χ1n) is 5.41. The summed E-state index contributed by atoms with van der Waals surface area (Å²) in [6, 6.07) is 10.0. The topological polar surface area (TPSA) is 38.3 Å². The number of rotatable bonds is 6. The Kier molecular flexibility index (Phi) is 5.96. The zero-order valence-corrected chi connectivity index (χ0v) is 9.48. The van der Waals surface area contributed by atoms with Crippen molar-refractivity contribution in [2.75, 3.05) is 19.7 Å². The molecule has 0 unspecified atom stereocenters. The first kappa shape index (κ1) is 12.5. The standard InChI is InChI=1S/C13H17NO2/c1-2-16-13(15)11-14-10-6-9-12-7-4-3-5-8-12/h3-9,14H,2,10-11H2,1H3. The van der Waals surface area contributed by atoms with Crippen molar-refractivity contribution in [1.82, 2.24) is 5.32 Å². The minimum absolute atomic E-state index is 0.212. The molecule has 0 saturated carbocycles. The van der Waals surface area contributed by atoms with Gasteiger partial charge in [-0.2, -0.15) is 0 Å². The van der Waals surface area contributed by atoms with E-state index in [-0.39, 0.29) is 12.5 Å². The van der Waals surface area contributed by atoms with Crippen molar-refractivity contribution < 1.29 is 9.53 Å². The molecule has 86 valence electrons. The summed E-state index contributed by atoms with van der Waals surface area (Å²) in [5, 5.41) is 2.98. The lowest BCUT2D eigenvalue weighted by Gasteiger charge is -2.01. The number of carbonyl (C=O) groups excluding carboxylic acids is 1. The van der Waals surface area contributed by atoms with E-state index in [2.05, 4.69) is 5.32 Å². The number of carbonyl (C=O) groups is 1. The Labute approximate surface area is 96.1 Å². The largest absolute Gasteiger partial charge is 0.465 e. The van der Waals surface area contributed by atoms with Gasteiger partial charge in [-0.3, -0.25) is 4.79 Å². The second-order valence-electron chi connectivity index (χ2n) is 3.25. The maximum atomic E-state index is 11.0. The van der Waals surface area contributed by atoms with Crippen LogP contribution in [0, 0.1) is 0 Å². The summed E-state index contributed by atoms with van der Waals surface area (Å²) in [4.78, 5) is 11.0. The number of esters is 1. The lowest BCUT2D eigenvalue weighted by molar-refractivity contribution is -0.141. The summed E-state index contributed by atoms with van der Waals surface area (Å²) >= 11 is 0. The highest BCUT2D eigenvalue weighted by Gasteiger charge is 1.97. The van der Waals surface area contributed by atoms with E-state index in [0.29, 0.717) is 13.2 Å². The molecule has 0 fully saturated rings. The van der Waals surface area contributed by atoms with Gasteiger partial charge in [0.25, 0.3) is 0 Å². The van der Waals surface area contributed by atoms with E-state index in [0.717, 1.165) is 5.56 Å². The molecule has 16 heavy (non-hydrogen) atoms. The molecular formula is C13H17NO2. The molecule has 1 N–H and O–H groups in total. The Hall–Kier alpha value is -1.61. The third-order valence-electron chi connectivity index (χ3n) is 1.95. The molecule has 0 aliphatic heterocycles. The molecule has 1 aromatic rings.